The first-order chi connectivity index (χ1) is 11.0. The second kappa shape index (κ2) is 6.46. The average molecular weight is 339 g/mol. The molecule has 2 atom stereocenters. The highest BCUT2D eigenvalue weighted by Crippen LogP contribution is 2.24. The number of anilines is 1. The van der Waals surface area contributed by atoms with Gasteiger partial charge >= 0.3 is 0 Å². The van der Waals surface area contributed by atoms with E-state index in [1.54, 1.807) is 24.3 Å². The second-order valence-electron chi connectivity index (χ2n) is 5.98. The zero-order chi connectivity index (χ0) is 16.4. The lowest BCUT2D eigenvalue weighted by atomic mass is 10.1. The number of aliphatic hydroxyl groups is 1. The highest BCUT2D eigenvalue weighted by Gasteiger charge is 2.28. The first kappa shape index (κ1) is 16.2. The zero-order valence-electron chi connectivity index (χ0n) is 12.7. The fraction of sp³-hybridized carbons (Fsp3) is 0.533. The Morgan fingerprint density at radius 1 is 1.30 bits per heavy atom. The van der Waals surface area contributed by atoms with E-state index in [0.29, 0.717) is 43.9 Å². The van der Waals surface area contributed by atoms with Crippen LogP contribution in [0.3, 0.4) is 0 Å². The van der Waals surface area contributed by atoms with Crippen molar-refractivity contribution in [2.45, 2.75) is 12.5 Å². The highest BCUT2D eigenvalue weighted by atomic mass is 32.2. The van der Waals surface area contributed by atoms with Crippen molar-refractivity contribution in [3.8, 4) is 0 Å². The first-order valence-electron chi connectivity index (χ1n) is 7.75. The van der Waals surface area contributed by atoms with E-state index in [0.717, 1.165) is 0 Å². The molecule has 23 heavy (non-hydrogen) atoms. The topological polar surface area (TPSA) is 98.7 Å². The van der Waals surface area contributed by atoms with Gasteiger partial charge in [0.25, 0.3) is 5.91 Å². The van der Waals surface area contributed by atoms with Gasteiger partial charge in [-0.15, -0.1) is 0 Å². The number of hydrogen-bond donors (Lipinski definition) is 3. The van der Waals surface area contributed by atoms with Crippen LogP contribution in [0.5, 0.6) is 0 Å². The number of hydrogen-bond acceptors (Lipinski definition) is 5. The van der Waals surface area contributed by atoms with Crippen molar-refractivity contribution in [2.24, 2.45) is 5.92 Å². The molecule has 8 heteroatoms. The van der Waals surface area contributed by atoms with E-state index in [2.05, 4.69) is 10.6 Å². The third-order valence-corrected chi connectivity index (χ3v) is 6.22. The highest BCUT2D eigenvalue weighted by molar-refractivity contribution is 7.93. The average Bonchev–Trinajstić information content (AvgIpc) is 3.10. The van der Waals surface area contributed by atoms with Gasteiger partial charge in [0.15, 0.2) is 0 Å². The smallest absolute Gasteiger partial charge is 0.251 e. The Labute approximate surface area is 135 Å². The summed E-state index contributed by atoms with van der Waals surface area (Å²) in [7, 11) is -3.20. The molecule has 2 fully saturated rings. The van der Waals surface area contributed by atoms with Crippen LogP contribution >= 0.6 is 0 Å². The van der Waals surface area contributed by atoms with Crippen molar-refractivity contribution < 1.29 is 18.3 Å². The Morgan fingerprint density at radius 3 is 2.61 bits per heavy atom. The molecule has 2 aliphatic rings. The molecule has 2 saturated heterocycles. The lowest BCUT2D eigenvalue weighted by molar-refractivity contribution is 0.0927. The third-order valence-electron chi connectivity index (χ3n) is 4.35. The fourth-order valence-electron chi connectivity index (χ4n) is 2.96. The molecule has 1 aromatic carbocycles. The number of nitrogens with one attached hydrogen (secondary N) is 2. The summed E-state index contributed by atoms with van der Waals surface area (Å²) in [6.07, 6.45) is 0.195. The Morgan fingerprint density at radius 2 is 2.04 bits per heavy atom. The van der Waals surface area contributed by atoms with Crippen molar-refractivity contribution in [1.82, 2.24) is 10.6 Å². The number of carbonyl (C=O) groups is 1. The van der Waals surface area contributed by atoms with Gasteiger partial charge in [0, 0.05) is 37.7 Å². The minimum absolute atomic E-state index is 0.0213. The van der Waals surface area contributed by atoms with Gasteiger partial charge in [-0.1, -0.05) is 0 Å². The summed E-state index contributed by atoms with van der Waals surface area (Å²) in [6, 6.07) is 6.57. The summed E-state index contributed by atoms with van der Waals surface area (Å²) >= 11 is 0. The van der Waals surface area contributed by atoms with Crippen LogP contribution in [-0.4, -0.2) is 57.5 Å². The van der Waals surface area contributed by atoms with Crippen molar-refractivity contribution in [3.05, 3.63) is 29.8 Å². The van der Waals surface area contributed by atoms with Crippen LogP contribution < -0.4 is 14.9 Å². The fourth-order valence-corrected chi connectivity index (χ4v) is 4.53. The van der Waals surface area contributed by atoms with E-state index in [-0.39, 0.29) is 17.6 Å². The molecular formula is C15H21N3O4S. The number of sulfonamides is 1. The van der Waals surface area contributed by atoms with E-state index in [9.17, 15) is 18.3 Å². The van der Waals surface area contributed by atoms with Crippen molar-refractivity contribution in [3.63, 3.8) is 0 Å². The molecule has 1 aromatic rings. The van der Waals surface area contributed by atoms with Gasteiger partial charge in [0.2, 0.25) is 10.0 Å². The molecule has 0 bridgehead atoms. The molecule has 0 radical (unpaired) electrons. The maximum atomic E-state index is 12.1. The summed E-state index contributed by atoms with van der Waals surface area (Å²) < 4.78 is 25.1. The summed E-state index contributed by atoms with van der Waals surface area (Å²) in [4.78, 5) is 12.1. The lowest BCUT2D eigenvalue weighted by Gasteiger charge is -2.17. The standard InChI is InChI=1S/C15H21N3O4S/c19-14-10-16-8-12(14)9-17-15(20)11-2-4-13(5-3-11)18-6-1-7-23(18,21)22/h2-5,12,14,16,19H,1,6-10H2,(H,17,20). The summed E-state index contributed by atoms with van der Waals surface area (Å²) in [5, 5.41) is 15.6. The molecule has 3 rings (SSSR count). The predicted molar refractivity (Wildman–Crippen MR) is 86.9 cm³/mol. The van der Waals surface area contributed by atoms with Crippen LogP contribution in [0.2, 0.25) is 0 Å². The molecule has 0 aromatic heterocycles. The van der Waals surface area contributed by atoms with Gasteiger partial charge in [0.1, 0.15) is 0 Å². The number of rotatable bonds is 4. The van der Waals surface area contributed by atoms with Gasteiger partial charge < -0.3 is 15.7 Å². The number of carbonyl (C=O) groups excluding carboxylic acids is 1. The van der Waals surface area contributed by atoms with Crippen LogP contribution in [-0.2, 0) is 10.0 Å². The van der Waals surface area contributed by atoms with Crippen LogP contribution in [0.25, 0.3) is 0 Å². The van der Waals surface area contributed by atoms with Crippen molar-refractivity contribution in [2.75, 3.05) is 36.2 Å². The third kappa shape index (κ3) is 3.49. The molecule has 0 spiro atoms. The number of nitrogens with zero attached hydrogens (tertiary/aromatic N) is 1. The monoisotopic (exact) mass is 339 g/mol. The van der Waals surface area contributed by atoms with Crippen molar-refractivity contribution in [1.29, 1.82) is 0 Å². The summed E-state index contributed by atoms with van der Waals surface area (Å²) in [5.74, 6) is -0.0274. The quantitative estimate of drug-likeness (QED) is 0.689. The number of benzene rings is 1. The molecule has 7 nitrogen and oxygen atoms in total. The Hall–Kier alpha value is -1.64. The van der Waals surface area contributed by atoms with E-state index in [1.165, 1.54) is 4.31 Å². The zero-order valence-corrected chi connectivity index (χ0v) is 13.6. The molecule has 3 N–H and O–H groups in total. The van der Waals surface area contributed by atoms with Gasteiger partial charge in [-0.05, 0) is 30.7 Å². The predicted octanol–water partition coefficient (Wildman–Crippen LogP) is -0.463. The summed E-state index contributed by atoms with van der Waals surface area (Å²) in [6.45, 7) is 2.14. The van der Waals surface area contributed by atoms with Gasteiger partial charge in [-0.3, -0.25) is 9.10 Å². The first-order valence-corrected chi connectivity index (χ1v) is 9.36. The van der Waals surface area contributed by atoms with Crippen LogP contribution in [0, 0.1) is 5.92 Å². The molecular weight excluding hydrogens is 318 g/mol. The largest absolute Gasteiger partial charge is 0.391 e. The van der Waals surface area contributed by atoms with E-state index in [4.69, 9.17) is 0 Å². The van der Waals surface area contributed by atoms with Crippen LogP contribution in [0.15, 0.2) is 24.3 Å². The molecule has 2 unspecified atom stereocenters. The summed E-state index contributed by atoms with van der Waals surface area (Å²) in [5.41, 5.74) is 1.07. The van der Waals surface area contributed by atoms with Crippen LogP contribution in [0.4, 0.5) is 5.69 Å². The molecule has 0 aliphatic carbocycles. The van der Waals surface area contributed by atoms with E-state index >= 15 is 0 Å². The van der Waals surface area contributed by atoms with E-state index < -0.39 is 16.1 Å². The molecule has 2 aliphatic heterocycles. The number of aliphatic hydroxyl groups excluding tert-OH is 1. The maximum Gasteiger partial charge on any atom is 0.251 e. The van der Waals surface area contributed by atoms with Gasteiger partial charge in [-0.2, -0.15) is 0 Å². The molecule has 2 heterocycles. The maximum absolute atomic E-state index is 12.1. The Bertz CT molecular complexity index is 674. The minimum atomic E-state index is -3.20. The van der Waals surface area contributed by atoms with E-state index in [1.807, 2.05) is 0 Å². The Balaban J connectivity index is 1.61. The molecule has 126 valence electrons. The molecule has 1 amide bonds. The SMILES string of the molecule is O=C(NCC1CNCC1O)c1ccc(N2CCCS2(=O)=O)cc1. The Kier molecular flexibility index (Phi) is 4.56. The second-order valence-corrected chi connectivity index (χ2v) is 8.00. The van der Waals surface area contributed by atoms with Crippen molar-refractivity contribution >= 4 is 21.6 Å². The van der Waals surface area contributed by atoms with Gasteiger partial charge in [0.05, 0.1) is 17.5 Å². The molecule has 0 saturated carbocycles. The number of β-amino-alcohol motifs (C(OH)–C–C–N with tert-alkyl or cyclic N) is 1. The normalized spacial score (nSPS) is 26.4. The van der Waals surface area contributed by atoms with Crippen LogP contribution in [0.1, 0.15) is 16.8 Å². The van der Waals surface area contributed by atoms with Gasteiger partial charge in [-0.25, -0.2) is 8.42 Å². The lowest BCUT2D eigenvalue weighted by Crippen LogP contribution is -2.34. The number of amides is 1. The minimum Gasteiger partial charge on any atom is -0.391 e.